The van der Waals surface area contributed by atoms with E-state index in [-0.39, 0.29) is 24.1 Å². The average molecular weight is 531 g/mol. The summed E-state index contributed by atoms with van der Waals surface area (Å²) in [5.41, 5.74) is 3.13. The summed E-state index contributed by atoms with van der Waals surface area (Å²) in [5, 5.41) is 3.10. The Morgan fingerprint density at radius 2 is 1.61 bits per heavy atom. The molecule has 5 rings (SSSR count). The molecule has 38 heavy (non-hydrogen) atoms. The number of benzene rings is 3. The molecule has 2 heterocycles. The Bertz CT molecular complexity index is 1350. The predicted molar refractivity (Wildman–Crippen MR) is 147 cm³/mol. The van der Waals surface area contributed by atoms with Crippen LogP contribution < -0.4 is 10.2 Å². The van der Waals surface area contributed by atoms with E-state index in [9.17, 15) is 18.8 Å². The molecular weight excluding hydrogens is 503 g/mol. The first-order valence-electron chi connectivity index (χ1n) is 12.5. The first kappa shape index (κ1) is 25.5. The van der Waals surface area contributed by atoms with Crippen molar-refractivity contribution in [1.29, 1.82) is 0 Å². The number of hydrogen-bond donors (Lipinski definition) is 1. The molecule has 194 valence electrons. The standard InChI is InChI=1S/C29H27FN4O3S/c30-22-10-12-23(13-11-22)31-26(35)17-25-28(37)34(19-20-5-2-1-3-6-20)29(38)33(25)18-21-8-14-24(15-9-21)32-16-4-7-27(32)36/h1-3,5-6,8-15,25H,4,7,16-19H2,(H,31,35)/t25-/m1/s1. The first-order valence-corrected chi connectivity index (χ1v) is 12.9. The second-order valence-corrected chi connectivity index (χ2v) is 9.78. The number of hydrogen-bond acceptors (Lipinski definition) is 4. The van der Waals surface area contributed by atoms with Gasteiger partial charge in [-0.15, -0.1) is 0 Å². The van der Waals surface area contributed by atoms with Crippen molar-refractivity contribution in [1.82, 2.24) is 9.80 Å². The zero-order valence-electron chi connectivity index (χ0n) is 20.7. The van der Waals surface area contributed by atoms with Crippen molar-refractivity contribution >= 4 is 46.4 Å². The van der Waals surface area contributed by atoms with Crippen molar-refractivity contribution in [3.63, 3.8) is 0 Å². The molecule has 2 saturated heterocycles. The zero-order chi connectivity index (χ0) is 26.6. The highest BCUT2D eigenvalue weighted by Gasteiger charge is 2.43. The summed E-state index contributed by atoms with van der Waals surface area (Å²) in [6.07, 6.45) is 1.30. The lowest BCUT2D eigenvalue weighted by molar-refractivity contribution is -0.131. The molecule has 3 amide bonds. The molecule has 1 atom stereocenters. The van der Waals surface area contributed by atoms with Crippen molar-refractivity contribution in [3.05, 3.63) is 95.8 Å². The maximum absolute atomic E-state index is 13.5. The minimum absolute atomic E-state index is 0.109. The Balaban J connectivity index is 1.35. The minimum atomic E-state index is -0.786. The SMILES string of the molecule is O=C(C[C@@H]1C(=O)N(Cc2ccccc2)C(=S)N1Cc1ccc(N2CCCC2=O)cc1)Nc1ccc(F)cc1. The largest absolute Gasteiger partial charge is 0.332 e. The molecule has 0 radical (unpaired) electrons. The Hall–Kier alpha value is -4.11. The molecule has 3 aromatic carbocycles. The zero-order valence-corrected chi connectivity index (χ0v) is 21.5. The van der Waals surface area contributed by atoms with Gasteiger partial charge in [-0.3, -0.25) is 19.3 Å². The number of nitrogens with one attached hydrogen (secondary N) is 1. The summed E-state index contributed by atoms with van der Waals surface area (Å²) in [5.74, 6) is -0.894. The third-order valence-corrected chi connectivity index (χ3v) is 7.22. The van der Waals surface area contributed by atoms with Gasteiger partial charge in [0.25, 0.3) is 5.91 Å². The molecule has 2 fully saturated rings. The molecule has 3 aromatic rings. The molecule has 0 aliphatic carbocycles. The second-order valence-electron chi connectivity index (χ2n) is 9.41. The first-order chi connectivity index (χ1) is 18.4. The maximum Gasteiger partial charge on any atom is 0.252 e. The molecule has 0 aromatic heterocycles. The van der Waals surface area contributed by atoms with Gasteiger partial charge in [0, 0.05) is 30.9 Å². The average Bonchev–Trinajstić information content (AvgIpc) is 3.44. The van der Waals surface area contributed by atoms with E-state index >= 15 is 0 Å². The molecule has 0 bridgehead atoms. The van der Waals surface area contributed by atoms with Crippen molar-refractivity contribution in [2.45, 2.75) is 38.4 Å². The van der Waals surface area contributed by atoms with Gasteiger partial charge in [-0.25, -0.2) is 4.39 Å². The van der Waals surface area contributed by atoms with Gasteiger partial charge in [-0.1, -0.05) is 42.5 Å². The van der Waals surface area contributed by atoms with Crippen LogP contribution in [0.4, 0.5) is 15.8 Å². The fraction of sp³-hybridized carbons (Fsp3) is 0.241. The lowest BCUT2D eigenvalue weighted by atomic mass is 10.1. The summed E-state index contributed by atoms with van der Waals surface area (Å²) in [6, 6.07) is 21.9. The van der Waals surface area contributed by atoms with Crippen molar-refractivity contribution in [3.8, 4) is 0 Å². The molecule has 2 aliphatic rings. The number of carbonyl (C=O) groups excluding carboxylic acids is 3. The number of rotatable bonds is 8. The third kappa shape index (κ3) is 5.57. The lowest BCUT2D eigenvalue weighted by Gasteiger charge is -2.24. The van der Waals surface area contributed by atoms with E-state index < -0.39 is 11.9 Å². The van der Waals surface area contributed by atoms with E-state index in [1.165, 1.54) is 29.2 Å². The van der Waals surface area contributed by atoms with Gasteiger partial charge in [0.05, 0.1) is 13.0 Å². The summed E-state index contributed by atoms with van der Waals surface area (Å²) in [7, 11) is 0. The van der Waals surface area contributed by atoms with Crippen molar-refractivity contribution in [2.75, 3.05) is 16.8 Å². The highest BCUT2D eigenvalue weighted by Crippen LogP contribution is 2.27. The van der Waals surface area contributed by atoms with Crippen LogP contribution in [-0.2, 0) is 27.5 Å². The van der Waals surface area contributed by atoms with Crippen LogP contribution in [-0.4, -0.2) is 45.2 Å². The topological polar surface area (TPSA) is 73.0 Å². The number of thiocarbonyl (C=S) groups is 1. The molecule has 0 saturated carbocycles. The monoisotopic (exact) mass is 530 g/mol. The van der Waals surface area contributed by atoms with Gasteiger partial charge < -0.3 is 15.1 Å². The summed E-state index contributed by atoms with van der Waals surface area (Å²) >= 11 is 5.74. The van der Waals surface area contributed by atoms with Gasteiger partial charge in [0.2, 0.25) is 11.8 Å². The fourth-order valence-electron chi connectivity index (χ4n) is 4.80. The van der Waals surface area contributed by atoms with Crippen LogP contribution in [0.3, 0.4) is 0 Å². The van der Waals surface area contributed by atoms with Gasteiger partial charge >= 0.3 is 0 Å². The molecule has 1 N–H and O–H groups in total. The van der Waals surface area contributed by atoms with Crippen LogP contribution in [0.1, 0.15) is 30.4 Å². The summed E-state index contributed by atoms with van der Waals surface area (Å²) < 4.78 is 13.3. The fourth-order valence-corrected chi connectivity index (χ4v) is 5.15. The number of amides is 3. The van der Waals surface area contributed by atoms with Crippen LogP contribution in [0.15, 0.2) is 78.9 Å². The number of halogens is 1. The minimum Gasteiger partial charge on any atom is -0.332 e. The Kier molecular flexibility index (Phi) is 7.46. The van der Waals surface area contributed by atoms with Crippen LogP contribution in [0.2, 0.25) is 0 Å². The van der Waals surface area contributed by atoms with Crippen LogP contribution >= 0.6 is 12.2 Å². The molecule has 0 unspecified atom stereocenters. The van der Waals surface area contributed by atoms with Crippen molar-refractivity contribution in [2.24, 2.45) is 0 Å². The predicted octanol–water partition coefficient (Wildman–Crippen LogP) is 4.48. The van der Waals surface area contributed by atoms with Gasteiger partial charge in [0.15, 0.2) is 5.11 Å². The summed E-state index contributed by atoms with van der Waals surface area (Å²) in [6.45, 7) is 1.35. The number of anilines is 2. The Labute approximate surface area is 225 Å². The smallest absolute Gasteiger partial charge is 0.252 e. The van der Waals surface area contributed by atoms with E-state index in [1.807, 2.05) is 54.6 Å². The van der Waals surface area contributed by atoms with Crippen molar-refractivity contribution < 1.29 is 18.8 Å². The van der Waals surface area contributed by atoms with Crippen LogP contribution in [0.25, 0.3) is 0 Å². The molecule has 0 spiro atoms. The lowest BCUT2D eigenvalue weighted by Crippen LogP contribution is -2.37. The molecule has 2 aliphatic heterocycles. The highest BCUT2D eigenvalue weighted by atomic mass is 32.1. The Morgan fingerprint density at radius 1 is 0.921 bits per heavy atom. The third-order valence-electron chi connectivity index (χ3n) is 6.77. The summed E-state index contributed by atoms with van der Waals surface area (Å²) in [4.78, 5) is 43.6. The Morgan fingerprint density at radius 3 is 2.26 bits per heavy atom. The van der Waals surface area contributed by atoms with Crippen LogP contribution in [0, 0.1) is 5.82 Å². The second kappa shape index (κ2) is 11.1. The van der Waals surface area contributed by atoms with E-state index in [2.05, 4.69) is 5.32 Å². The van der Waals surface area contributed by atoms with E-state index in [4.69, 9.17) is 12.2 Å². The van der Waals surface area contributed by atoms with E-state index in [0.29, 0.717) is 36.9 Å². The maximum atomic E-state index is 13.5. The van der Waals surface area contributed by atoms with Crippen LogP contribution in [0.5, 0.6) is 0 Å². The highest BCUT2D eigenvalue weighted by molar-refractivity contribution is 7.80. The quantitative estimate of drug-likeness (QED) is 0.435. The van der Waals surface area contributed by atoms with E-state index in [1.54, 1.807) is 9.80 Å². The van der Waals surface area contributed by atoms with Gasteiger partial charge in [-0.2, -0.15) is 0 Å². The van der Waals surface area contributed by atoms with Gasteiger partial charge in [-0.05, 0) is 66.2 Å². The number of carbonyl (C=O) groups is 3. The number of nitrogens with zero attached hydrogens (tertiary/aromatic N) is 3. The normalized spacial score (nSPS) is 17.4. The molecular formula is C29H27FN4O3S. The molecule has 7 nitrogen and oxygen atoms in total. The van der Waals surface area contributed by atoms with E-state index in [0.717, 1.165) is 23.2 Å². The molecule has 9 heteroatoms. The van der Waals surface area contributed by atoms with Gasteiger partial charge in [0.1, 0.15) is 11.9 Å².